The minimum Gasteiger partial charge on any atom is -0.872 e. The molecule has 0 saturated carbocycles. The van der Waals surface area contributed by atoms with Crippen molar-refractivity contribution in [1.82, 2.24) is 4.90 Å². The van der Waals surface area contributed by atoms with Gasteiger partial charge in [0.15, 0.2) is 23.9 Å². The highest BCUT2D eigenvalue weighted by Crippen LogP contribution is 2.42. The topological polar surface area (TPSA) is 113 Å². The predicted octanol–water partition coefficient (Wildman–Crippen LogP) is 2.98. The maximum absolute atomic E-state index is 13.8. The number of aromatic amines is 1. The van der Waals surface area contributed by atoms with Gasteiger partial charge in [0.1, 0.15) is 5.75 Å². The molecule has 1 aromatic heterocycles. The molecular weight excluding hydrogens is 472 g/mol. The monoisotopic (exact) mass is 502 g/mol. The Bertz CT molecular complexity index is 1350. The van der Waals surface area contributed by atoms with Crippen molar-refractivity contribution in [2.24, 2.45) is 5.92 Å². The van der Waals surface area contributed by atoms with Crippen molar-refractivity contribution in [2.45, 2.75) is 33.4 Å². The number of likely N-dealkylation sites (tertiary alicyclic amines) is 1. The number of amides is 1. The Labute approximate surface area is 215 Å². The molecule has 2 aromatic carbocycles. The fraction of sp³-hybridized carbons (Fsp3) is 0.276. The largest absolute Gasteiger partial charge is 0.872 e. The normalized spacial score (nSPS) is 16.9. The van der Waals surface area contributed by atoms with Crippen LogP contribution in [0.2, 0.25) is 0 Å². The van der Waals surface area contributed by atoms with Crippen LogP contribution in [0.5, 0.6) is 17.2 Å². The Morgan fingerprint density at radius 1 is 1.14 bits per heavy atom. The van der Waals surface area contributed by atoms with E-state index in [4.69, 9.17) is 9.47 Å². The van der Waals surface area contributed by atoms with Crippen LogP contribution in [0.25, 0.3) is 5.76 Å². The van der Waals surface area contributed by atoms with Gasteiger partial charge < -0.3 is 24.6 Å². The molecule has 1 unspecified atom stereocenters. The molecule has 37 heavy (non-hydrogen) atoms. The summed E-state index contributed by atoms with van der Waals surface area (Å²) in [5, 5.41) is 23.9. The lowest BCUT2D eigenvalue weighted by Gasteiger charge is -2.28. The number of carbonyl (C=O) groups excluding carboxylic acids is 2. The van der Waals surface area contributed by atoms with E-state index in [1.807, 2.05) is 26.8 Å². The molecule has 0 spiro atoms. The van der Waals surface area contributed by atoms with Gasteiger partial charge in [-0.25, -0.2) is 4.98 Å². The zero-order valence-electron chi connectivity index (χ0n) is 21.3. The Morgan fingerprint density at radius 2 is 1.92 bits per heavy atom. The van der Waals surface area contributed by atoms with Crippen LogP contribution in [0.1, 0.15) is 42.1 Å². The molecule has 1 amide bonds. The molecule has 192 valence electrons. The first-order valence-electron chi connectivity index (χ1n) is 12.0. The number of aromatic hydroxyl groups is 1. The van der Waals surface area contributed by atoms with Crippen LogP contribution in [-0.2, 0) is 16.1 Å². The van der Waals surface area contributed by atoms with Gasteiger partial charge in [-0.3, -0.25) is 9.59 Å². The number of pyridine rings is 1. The van der Waals surface area contributed by atoms with E-state index >= 15 is 0 Å². The number of aryl methyl sites for hydroxylation is 1. The van der Waals surface area contributed by atoms with Crippen molar-refractivity contribution >= 4 is 17.4 Å². The van der Waals surface area contributed by atoms with E-state index in [1.54, 1.807) is 42.7 Å². The highest BCUT2D eigenvalue weighted by molar-refractivity contribution is 6.46. The molecule has 1 saturated heterocycles. The molecule has 8 nitrogen and oxygen atoms in total. The number of H-pyrrole nitrogens is 1. The van der Waals surface area contributed by atoms with Crippen molar-refractivity contribution in [1.29, 1.82) is 0 Å². The van der Waals surface area contributed by atoms with Gasteiger partial charge in [0.2, 0.25) is 5.78 Å². The third-order valence-corrected chi connectivity index (χ3v) is 6.18. The number of phenols is 1. The Balaban J connectivity index is 1.82. The summed E-state index contributed by atoms with van der Waals surface area (Å²) in [6, 6.07) is 12.2. The van der Waals surface area contributed by atoms with Gasteiger partial charge in [0.25, 0.3) is 5.91 Å². The number of carbonyl (C=O) groups is 2. The summed E-state index contributed by atoms with van der Waals surface area (Å²) in [7, 11) is 1.41. The molecule has 3 aromatic rings. The molecule has 4 rings (SSSR count). The van der Waals surface area contributed by atoms with Gasteiger partial charge in [-0.1, -0.05) is 31.7 Å². The molecule has 1 aliphatic heterocycles. The van der Waals surface area contributed by atoms with Gasteiger partial charge in [-0.05, 0) is 59.9 Å². The lowest BCUT2D eigenvalue weighted by atomic mass is 9.94. The third-order valence-electron chi connectivity index (χ3n) is 6.18. The summed E-state index contributed by atoms with van der Waals surface area (Å²) in [4.78, 5) is 30.9. The number of Topliss-reactive ketones (excluding diaryl/α,β-unsaturated/α-hetero) is 1. The van der Waals surface area contributed by atoms with Crippen molar-refractivity contribution in [3.05, 3.63) is 88.8 Å². The number of ether oxygens (including phenoxy) is 2. The fourth-order valence-electron chi connectivity index (χ4n) is 4.33. The third kappa shape index (κ3) is 5.28. The van der Waals surface area contributed by atoms with Crippen molar-refractivity contribution < 1.29 is 34.3 Å². The van der Waals surface area contributed by atoms with Crippen LogP contribution in [-0.4, -0.2) is 35.4 Å². The van der Waals surface area contributed by atoms with Gasteiger partial charge >= 0.3 is 0 Å². The number of aromatic nitrogens is 1. The minimum atomic E-state index is -0.959. The summed E-state index contributed by atoms with van der Waals surface area (Å²) in [5.74, 6) is -1.06. The van der Waals surface area contributed by atoms with E-state index in [-0.39, 0.29) is 29.2 Å². The van der Waals surface area contributed by atoms with Crippen molar-refractivity contribution in [3.63, 3.8) is 0 Å². The predicted molar refractivity (Wildman–Crippen MR) is 134 cm³/mol. The first-order chi connectivity index (χ1) is 17.7. The first kappa shape index (κ1) is 25.8. The first-order valence-corrected chi connectivity index (χ1v) is 12.0. The summed E-state index contributed by atoms with van der Waals surface area (Å²) in [5.41, 5.74) is 2.13. The molecule has 8 heteroatoms. The zero-order chi connectivity index (χ0) is 26.7. The highest BCUT2D eigenvalue weighted by atomic mass is 16.5. The molecular formula is C29H30N2O6. The Hall–Kier alpha value is -4.33. The van der Waals surface area contributed by atoms with E-state index in [9.17, 15) is 19.8 Å². The molecule has 1 atom stereocenters. The average molecular weight is 503 g/mol. The summed E-state index contributed by atoms with van der Waals surface area (Å²) in [6.45, 7) is 6.57. The number of phenolic OH excluding ortho intramolecular Hbond substituents is 1. The SMILES string of the molecule is COc1cc(C2C(=C([O-])c3ccc(OCC(C)C)c(C)c3)C(=O)C(=O)N2Cc2ccc[nH+]c2)ccc1O. The van der Waals surface area contributed by atoms with Crippen LogP contribution in [0.4, 0.5) is 0 Å². The summed E-state index contributed by atoms with van der Waals surface area (Å²) < 4.78 is 11.1. The van der Waals surface area contributed by atoms with Crippen molar-refractivity contribution in [2.75, 3.05) is 13.7 Å². The van der Waals surface area contributed by atoms with Crippen LogP contribution in [0.15, 0.2) is 66.5 Å². The van der Waals surface area contributed by atoms with Gasteiger partial charge in [-0.2, -0.15) is 0 Å². The van der Waals surface area contributed by atoms with Crippen LogP contribution < -0.4 is 19.6 Å². The molecule has 1 aliphatic rings. The van der Waals surface area contributed by atoms with Crippen LogP contribution in [0.3, 0.4) is 0 Å². The quantitative estimate of drug-likeness (QED) is 0.288. The van der Waals surface area contributed by atoms with Crippen molar-refractivity contribution in [3.8, 4) is 17.2 Å². The lowest BCUT2D eigenvalue weighted by Crippen LogP contribution is -2.29. The summed E-state index contributed by atoms with van der Waals surface area (Å²) in [6.07, 6.45) is 3.46. The van der Waals surface area contributed by atoms with E-state index in [1.165, 1.54) is 24.1 Å². The van der Waals surface area contributed by atoms with Crippen LogP contribution in [0, 0.1) is 12.8 Å². The zero-order valence-corrected chi connectivity index (χ0v) is 21.3. The number of methoxy groups -OCH3 is 1. The van der Waals surface area contributed by atoms with E-state index in [0.717, 1.165) is 11.1 Å². The number of hydrogen-bond donors (Lipinski definition) is 1. The number of rotatable bonds is 8. The molecule has 0 radical (unpaired) electrons. The standard InChI is InChI=1S/C29H30N2O6/c1-17(2)16-37-23-10-8-21(12-18(23)3)27(33)25-26(20-7-9-22(32)24(13-20)36-4)31(29(35)28(25)34)15-19-6-5-11-30-14-19/h5-14,17,26,32-33H,15-16H2,1-4H3. The number of nitrogens with one attached hydrogen (secondary N) is 1. The van der Waals surface area contributed by atoms with E-state index < -0.39 is 23.5 Å². The number of hydrogen-bond acceptors (Lipinski definition) is 6. The highest BCUT2D eigenvalue weighted by Gasteiger charge is 2.44. The average Bonchev–Trinajstić information content (AvgIpc) is 3.13. The molecule has 2 N–H and O–H groups in total. The van der Waals surface area contributed by atoms with Gasteiger partial charge in [0, 0.05) is 17.2 Å². The van der Waals surface area contributed by atoms with Gasteiger partial charge in [0.05, 0.1) is 26.3 Å². The second-order valence-corrected chi connectivity index (χ2v) is 9.44. The summed E-state index contributed by atoms with van der Waals surface area (Å²) >= 11 is 0. The molecule has 0 bridgehead atoms. The Kier molecular flexibility index (Phi) is 7.47. The Morgan fingerprint density at radius 3 is 2.57 bits per heavy atom. The maximum Gasteiger partial charge on any atom is 0.295 e. The van der Waals surface area contributed by atoms with E-state index in [2.05, 4.69) is 4.98 Å². The second kappa shape index (κ2) is 10.7. The van der Waals surface area contributed by atoms with E-state index in [0.29, 0.717) is 23.8 Å². The lowest BCUT2D eigenvalue weighted by molar-refractivity contribution is -0.378. The number of benzene rings is 2. The minimum absolute atomic E-state index is 0.0911. The smallest absolute Gasteiger partial charge is 0.295 e. The molecule has 2 heterocycles. The molecule has 1 fully saturated rings. The van der Waals surface area contributed by atoms with Crippen LogP contribution >= 0.6 is 0 Å². The number of ketones is 1. The molecule has 0 aliphatic carbocycles. The number of nitrogens with zero attached hydrogens (tertiary/aromatic N) is 1. The second-order valence-electron chi connectivity index (χ2n) is 9.44. The fourth-order valence-corrected chi connectivity index (χ4v) is 4.33. The van der Waals surface area contributed by atoms with Gasteiger partial charge in [-0.15, -0.1) is 0 Å². The maximum atomic E-state index is 13.8.